The van der Waals surface area contributed by atoms with Crippen LogP contribution in [0.15, 0.2) is 41.4 Å². The number of aromatic nitrogens is 1. The lowest BCUT2D eigenvalue weighted by Crippen LogP contribution is -2.42. The zero-order valence-electron chi connectivity index (χ0n) is 16.2. The molecule has 2 heterocycles. The van der Waals surface area contributed by atoms with Crippen LogP contribution in [0.2, 0.25) is 25.7 Å². The summed E-state index contributed by atoms with van der Waals surface area (Å²) in [7, 11) is -1.15. The van der Waals surface area contributed by atoms with Gasteiger partial charge < -0.3 is 4.74 Å². The molecular weight excluding hydrogens is 372 g/mol. The summed E-state index contributed by atoms with van der Waals surface area (Å²) in [6.07, 6.45) is 3.19. The van der Waals surface area contributed by atoms with Crippen molar-refractivity contribution in [2.45, 2.75) is 48.8 Å². The standard InChI is InChI=1S/C21H26N2O2SSi/c1-27(2,3)10-9-25-14-23-19-18(5-4-8-22-19)21(20(23)24)12-15-6-7-17(26)11-16(15)13-21/h4-8,11,26H,9-10,12-14H2,1-3H3/t21-/m1/s1. The van der Waals surface area contributed by atoms with E-state index in [0.29, 0.717) is 13.0 Å². The van der Waals surface area contributed by atoms with Gasteiger partial charge in [-0.1, -0.05) is 31.8 Å². The molecule has 2 aromatic rings. The summed E-state index contributed by atoms with van der Waals surface area (Å²) < 4.78 is 5.91. The van der Waals surface area contributed by atoms with E-state index < -0.39 is 13.5 Å². The van der Waals surface area contributed by atoms with Crippen molar-refractivity contribution in [2.24, 2.45) is 0 Å². The molecule has 4 nitrogen and oxygen atoms in total. The summed E-state index contributed by atoms with van der Waals surface area (Å²) in [6, 6.07) is 11.3. The zero-order chi connectivity index (χ0) is 19.2. The van der Waals surface area contributed by atoms with Crippen molar-refractivity contribution >= 4 is 32.4 Å². The monoisotopic (exact) mass is 398 g/mol. The molecule has 27 heavy (non-hydrogen) atoms. The molecule has 1 aliphatic heterocycles. The van der Waals surface area contributed by atoms with E-state index in [2.05, 4.69) is 55.5 Å². The Morgan fingerprint density at radius 2 is 2.00 bits per heavy atom. The number of rotatable bonds is 5. The predicted molar refractivity (Wildman–Crippen MR) is 113 cm³/mol. The summed E-state index contributed by atoms with van der Waals surface area (Å²) in [6.45, 7) is 7.96. The van der Waals surface area contributed by atoms with Gasteiger partial charge in [-0.3, -0.25) is 9.69 Å². The van der Waals surface area contributed by atoms with Gasteiger partial charge in [0.25, 0.3) is 0 Å². The highest BCUT2D eigenvalue weighted by Crippen LogP contribution is 2.49. The zero-order valence-corrected chi connectivity index (χ0v) is 18.1. The van der Waals surface area contributed by atoms with Crippen molar-refractivity contribution in [3.05, 3.63) is 53.2 Å². The number of thiol groups is 1. The molecule has 1 aliphatic carbocycles. The maximum Gasteiger partial charge on any atom is 0.241 e. The highest BCUT2D eigenvalue weighted by molar-refractivity contribution is 7.80. The van der Waals surface area contributed by atoms with Gasteiger partial charge in [0.15, 0.2) is 0 Å². The Bertz CT molecular complexity index is 896. The van der Waals surface area contributed by atoms with Crippen molar-refractivity contribution in [1.82, 2.24) is 4.98 Å². The summed E-state index contributed by atoms with van der Waals surface area (Å²) >= 11 is 4.47. The fourth-order valence-corrected chi connectivity index (χ4v) is 5.10. The fraction of sp³-hybridized carbons (Fsp3) is 0.429. The molecule has 1 atom stereocenters. The molecule has 1 aromatic carbocycles. The van der Waals surface area contributed by atoms with Crippen molar-refractivity contribution in [3.8, 4) is 0 Å². The molecule has 4 rings (SSSR count). The normalized spacial score (nSPS) is 21.0. The topological polar surface area (TPSA) is 42.4 Å². The van der Waals surface area contributed by atoms with E-state index in [-0.39, 0.29) is 12.6 Å². The average molecular weight is 399 g/mol. The first kappa shape index (κ1) is 18.7. The molecule has 0 unspecified atom stereocenters. The van der Waals surface area contributed by atoms with Gasteiger partial charge >= 0.3 is 0 Å². The molecule has 0 radical (unpaired) electrons. The van der Waals surface area contributed by atoms with Crippen LogP contribution in [0.1, 0.15) is 16.7 Å². The Hall–Kier alpha value is -1.63. The number of fused-ring (bicyclic) bond motifs is 3. The van der Waals surface area contributed by atoms with Crippen LogP contribution in [0.3, 0.4) is 0 Å². The highest BCUT2D eigenvalue weighted by atomic mass is 32.1. The molecule has 2 aliphatic rings. The molecule has 6 heteroatoms. The van der Waals surface area contributed by atoms with E-state index >= 15 is 0 Å². The Morgan fingerprint density at radius 1 is 1.22 bits per heavy atom. The summed E-state index contributed by atoms with van der Waals surface area (Å²) in [5.74, 6) is 0.871. The van der Waals surface area contributed by atoms with Gasteiger partial charge in [0.2, 0.25) is 5.91 Å². The number of ether oxygens (including phenoxy) is 1. The predicted octanol–water partition coefficient (Wildman–Crippen LogP) is 4.07. The summed E-state index contributed by atoms with van der Waals surface area (Å²) in [5, 5.41) is 0. The van der Waals surface area contributed by atoms with E-state index in [1.165, 1.54) is 11.1 Å². The molecule has 1 amide bonds. The SMILES string of the molecule is C[Si](C)(C)CCOCN1C(=O)[C@@]2(Cc3ccc(S)cc3C2)c2cccnc21. The van der Waals surface area contributed by atoms with Gasteiger partial charge in [-0.2, -0.15) is 0 Å². The van der Waals surface area contributed by atoms with E-state index in [1.54, 1.807) is 11.1 Å². The van der Waals surface area contributed by atoms with Crippen molar-refractivity contribution in [1.29, 1.82) is 0 Å². The lowest BCUT2D eigenvalue weighted by Gasteiger charge is -2.23. The second-order valence-corrected chi connectivity index (χ2v) is 15.0. The van der Waals surface area contributed by atoms with E-state index in [1.807, 2.05) is 12.1 Å². The second kappa shape index (κ2) is 6.76. The minimum atomic E-state index is -1.15. The van der Waals surface area contributed by atoms with Crippen molar-refractivity contribution in [2.75, 3.05) is 18.2 Å². The Kier molecular flexibility index (Phi) is 4.69. The van der Waals surface area contributed by atoms with Crippen molar-refractivity contribution in [3.63, 3.8) is 0 Å². The van der Waals surface area contributed by atoms with E-state index in [0.717, 1.165) is 28.7 Å². The van der Waals surface area contributed by atoms with Crippen LogP contribution in [0.4, 0.5) is 5.82 Å². The third-order valence-electron chi connectivity index (χ3n) is 5.60. The third-order valence-corrected chi connectivity index (χ3v) is 7.59. The quantitative estimate of drug-likeness (QED) is 0.469. The first-order valence-corrected chi connectivity index (χ1v) is 13.6. The largest absolute Gasteiger partial charge is 0.361 e. The van der Waals surface area contributed by atoms with E-state index in [9.17, 15) is 4.79 Å². The fourth-order valence-electron chi connectivity index (χ4n) is 4.11. The lowest BCUT2D eigenvalue weighted by atomic mass is 9.79. The van der Waals surface area contributed by atoms with Gasteiger partial charge in [0.1, 0.15) is 12.5 Å². The number of anilines is 1. The van der Waals surface area contributed by atoms with E-state index in [4.69, 9.17) is 4.74 Å². The number of carbonyl (C=O) groups excluding carboxylic acids is 1. The number of hydrogen-bond acceptors (Lipinski definition) is 4. The molecule has 0 fully saturated rings. The van der Waals surface area contributed by atoms with Gasteiger partial charge in [0.05, 0.1) is 5.41 Å². The van der Waals surface area contributed by atoms with Crippen LogP contribution >= 0.6 is 12.6 Å². The Morgan fingerprint density at radius 3 is 2.78 bits per heavy atom. The lowest BCUT2D eigenvalue weighted by molar-refractivity contribution is -0.124. The molecule has 142 valence electrons. The molecular formula is C21H26N2O2SSi. The maximum absolute atomic E-state index is 13.5. The number of benzene rings is 1. The van der Waals surface area contributed by atoms with Gasteiger partial charge in [0, 0.05) is 31.3 Å². The summed E-state index contributed by atoms with van der Waals surface area (Å²) in [5.41, 5.74) is 2.93. The average Bonchev–Trinajstić information content (AvgIpc) is 3.09. The molecule has 0 bridgehead atoms. The second-order valence-electron chi connectivity index (χ2n) is 8.84. The first-order chi connectivity index (χ1) is 12.8. The van der Waals surface area contributed by atoms with Gasteiger partial charge in [-0.05, 0) is 48.2 Å². The molecule has 1 aromatic heterocycles. The van der Waals surface area contributed by atoms with Crippen LogP contribution in [0.25, 0.3) is 0 Å². The summed E-state index contributed by atoms with van der Waals surface area (Å²) in [4.78, 5) is 20.7. The van der Waals surface area contributed by atoms with Crippen LogP contribution in [0.5, 0.6) is 0 Å². The number of pyridine rings is 1. The molecule has 1 spiro atoms. The number of carbonyl (C=O) groups is 1. The number of nitrogens with zero attached hydrogens (tertiary/aromatic N) is 2. The third kappa shape index (κ3) is 3.35. The van der Waals surface area contributed by atoms with Crippen molar-refractivity contribution < 1.29 is 9.53 Å². The minimum Gasteiger partial charge on any atom is -0.361 e. The first-order valence-electron chi connectivity index (χ1n) is 9.46. The highest BCUT2D eigenvalue weighted by Gasteiger charge is 2.54. The number of hydrogen-bond donors (Lipinski definition) is 1. The van der Waals surface area contributed by atoms with Gasteiger partial charge in [-0.25, -0.2) is 4.98 Å². The number of amides is 1. The Balaban J connectivity index is 1.60. The molecule has 0 saturated heterocycles. The van der Waals surface area contributed by atoms with Gasteiger partial charge in [-0.15, -0.1) is 12.6 Å². The van der Waals surface area contributed by atoms with Crippen LogP contribution in [-0.4, -0.2) is 32.3 Å². The smallest absolute Gasteiger partial charge is 0.241 e. The van der Waals surface area contributed by atoms with Crippen LogP contribution < -0.4 is 4.90 Å². The van der Waals surface area contributed by atoms with Crippen LogP contribution in [0, 0.1) is 0 Å². The minimum absolute atomic E-state index is 0.112. The molecule has 0 saturated carbocycles. The van der Waals surface area contributed by atoms with Crippen LogP contribution in [-0.2, 0) is 27.8 Å². The molecule has 0 N–H and O–H groups in total. The maximum atomic E-state index is 13.5. The Labute approximate surface area is 167 Å².